The van der Waals surface area contributed by atoms with Gasteiger partial charge < -0.3 is 9.47 Å². The lowest BCUT2D eigenvalue weighted by molar-refractivity contribution is 0.0129. The molecule has 3 nitrogen and oxygen atoms in total. The van der Waals surface area contributed by atoms with Gasteiger partial charge in [-0.05, 0) is 36.1 Å². The van der Waals surface area contributed by atoms with Crippen molar-refractivity contribution >= 4 is 6.29 Å². The van der Waals surface area contributed by atoms with E-state index in [0.29, 0.717) is 24.9 Å². The number of aldehydes is 1. The number of carbonyl (C=O) groups is 1. The summed E-state index contributed by atoms with van der Waals surface area (Å²) in [6.45, 7) is 1.24. The third kappa shape index (κ3) is 4.68. The lowest BCUT2D eigenvalue weighted by Crippen LogP contribution is -2.19. The molecule has 1 aliphatic rings. The third-order valence-electron chi connectivity index (χ3n) is 4.49. The summed E-state index contributed by atoms with van der Waals surface area (Å²) < 4.78 is 11.6. The van der Waals surface area contributed by atoms with Crippen molar-refractivity contribution in [1.29, 1.82) is 0 Å². The Balaban J connectivity index is 1.46. The van der Waals surface area contributed by atoms with Crippen LogP contribution in [0.3, 0.4) is 0 Å². The van der Waals surface area contributed by atoms with Crippen LogP contribution in [0.15, 0.2) is 48.5 Å². The second-order valence-corrected chi connectivity index (χ2v) is 6.24. The molecule has 0 saturated heterocycles. The molecule has 1 aliphatic carbocycles. The van der Waals surface area contributed by atoms with Gasteiger partial charge >= 0.3 is 0 Å². The molecule has 1 fully saturated rings. The Hall–Kier alpha value is -2.13. The molecule has 2 aromatic carbocycles. The zero-order chi connectivity index (χ0) is 16.6. The molecule has 3 rings (SSSR count). The van der Waals surface area contributed by atoms with Crippen LogP contribution in [0.4, 0.5) is 0 Å². The molecule has 0 heterocycles. The summed E-state index contributed by atoms with van der Waals surface area (Å²) in [5.74, 6) is 0.857. The average Bonchev–Trinajstić information content (AvgIpc) is 2.67. The van der Waals surface area contributed by atoms with Gasteiger partial charge in [-0.25, -0.2) is 0 Å². The van der Waals surface area contributed by atoms with Gasteiger partial charge in [0.2, 0.25) is 0 Å². The summed E-state index contributed by atoms with van der Waals surface area (Å²) in [4.78, 5) is 10.7. The molecule has 0 unspecified atom stereocenters. The van der Waals surface area contributed by atoms with Gasteiger partial charge in [0.15, 0.2) is 0 Å². The summed E-state index contributed by atoms with van der Waals surface area (Å²) in [6.07, 6.45) is 7.60. The number of rotatable bonds is 7. The Morgan fingerprint density at radius 2 is 1.46 bits per heavy atom. The van der Waals surface area contributed by atoms with Crippen molar-refractivity contribution in [3.05, 3.63) is 54.1 Å². The number of benzene rings is 2. The van der Waals surface area contributed by atoms with Gasteiger partial charge in [-0.2, -0.15) is 0 Å². The maximum absolute atomic E-state index is 10.7. The van der Waals surface area contributed by atoms with Crippen LogP contribution in [0.2, 0.25) is 0 Å². The first-order valence-electron chi connectivity index (χ1n) is 8.75. The first-order chi connectivity index (χ1) is 11.8. The van der Waals surface area contributed by atoms with E-state index < -0.39 is 0 Å². The zero-order valence-electron chi connectivity index (χ0n) is 13.9. The maximum Gasteiger partial charge on any atom is 0.150 e. The van der Waals surface area contributed by atoms with Crippen LogP contribution >= 0.6 is 0 Å². The highest BCUT2D eigenvalue weighted by atomic mass is 16.5. The van der Waals surface area contributed by atoms with Gasteiger partial charge in [0.25, 0.3) is 0 Å². The molecule has 0 bridgehead atoms. The van der Waals surface area contributed by atoms with Crippen molar-refractivity contribution in [2.24, 2.45) is 0 Å². The summed E-state index contributed by atoms with van der Waals surface area (Å²) in [6, 6.07) is 15.6. The number of hydrogen-bond acceptors (Lipinski definition) is 3. The van der Waals surface area contributed by atoms with Crippen molar-refractivity contribution in [2.45, 2.75) is 38.2 Å². The Bertz CT molecular complexity index is 625. The Kier molecular flexibility index (Phi) is 6.02. The van der Waals surface area contributed by atoms with E-state index in [1.54, 1.807) is 0 Å². The molecule has 1 saturated carbocycles. The lowest BCUT2D eigenvalue weighted by atomic mass is 9.98. The lowest BCUT2D eigenvalue weighted by Gasteiger charge is -2.21. The molecule has 0 aliphatic heterocycles. The van der Waals surface area contributed by atoms with Gasteiger partial charge in [0.1, 0.15) is 18.6 Å². The highest BCUT2D eigenvalue weighted by Crippen LogP contribution is 2.23. The summed E-state index contributed by atoms with van der Waals surface area (Å²) in [5, 5.41) is 0. The van der Waals surface area contributed by atoms with Gasteiger partial charge in [0, 0.05) is 5.56 Å². The van der Waals surface area contributed by atoms with Gasteiger partial charge in [0.05, 0.1) is 12.7 Å². The highest BCUT2D eigenvalue weighted by Gasteiger charge is 2.13. The minimum absolute atomic E-state index is 0.430. The molecule has 0 spiro atoms. The summed E-state index contributed by atoms with van der Waals surface area (Å²) in [5.41, 5.74) is 2.89. The van der Waals surface area contributed by atoms with Gasteiger partial charge in [-0.1, -0.05) is 55.7 Å². The molecule has 2 aromatic rings. The predicted molar refractivity (Wildman–Crippen MR) is 95.6 cm³/mol. The molecule has 0 N–H and O–H groups in total. The van der Waals surface area contributed by atoms with E-state index in [9.17, 15) is 4.79 Å². The van der Waals surface area contributed by atoms with E-state index >= 15 is 0 Å². The SMILES string of the molecule is O=Cc1ccc(-c2ccc(OCCOC3CCCCC3)cc2)cc1. The average molecular weight is 324 g/mol. The molecule has 0 atom stereocenters. The first kappa shape index (κ1) is 16.7. The van der Waals surface area contributed by atoms with Crippen molar-refractivity contribution < 1.29 is 14.3 Å². The normalized spacial score (nSPS) is 15.2. The van der Waals surface area contributed by atoms with Crippen molar-refractivity contribution in [3.8, 4) is 16.9 Å². The number of ether oxygens (including phenoxy) is 2. The van der Waals surface area contributed by atoms with E-state index in [1.807, 2.05) is 48.5 Å². The fourth-order valence-corrected chi connectivity index (χ4v) is 3.10. The molecule has 0 radical (unpaired) electrons. The van der Waals surface area contributed by atoms with Crippen LogP contribution in [0.1, 0.15) is 42.5 Å². The van der Waals surface area contributed by atoms with Crippen molar-refractivity contribution in [3.63, 3.8) is 0 Å². The van der Waals surface area contributed by atoms with Crippen LogP contribution in [-0.4, -0.2) is 25.6 Å². The Labute approximate surface area is 143 Å². The van der Waals surface area contributed by atoms with E-state index in [0.717, 1.165) is 23.2 Å². The number of carbonyl (C=O) groups excluding carboxylic acids is 1. The highest BCUT2D eigenvalue weighted by molar-refractivity contribution is 5.76. The Morgan fingerprint density at radius 1 is 0.833 bits per heavy atom. The van der Waals surface area contributed by atoms with E-state index in [-0.39, 0.29) is 0 Å². The fraction of sp³-hybridized carbons (Fsp3) is 0.381. The summed E-state index contributed by atoms with van der Waals surface area (Å²) >= 11 is 0. The smallest absolute Gasteiger partial charge is 0.150 e. The molecular weight excluding hydrogens is 300 g/mol. The fourth-order valence-electron chi connectivity index (χ4n) is 3.10. The predicted octanol–water partition coefficient (Wildman–Crippen LogP) is 4.89. The summed E-state index contributed by atoms with van der Waals surface area (Å²) in [7, 11) is 0. The third-order valence-corrected chi connectivity index (χ3v) is 4.49. The molecule has 126 valence electrons. The van der Waals surface area contributed by atoms with Gasteiger partial charge in [-0.3, -0.25) is 4.79 Å². The molecule has 3 heteroatoms. The maximum atomic E-state index is 10.7. The molecule has 0 aromatic heterocycles. The van der Waals surface area contributed by atoms with E-state index in [2.05, 4.69) is 0 Å². The van der Waals surface area contributed by atoms with Crippen molar-refractivity contribution in [1.82, 2.24) is 0 Å². The van der Waals surface area contributed by atoms with Crippen LogP contribution in [0.25, 0.3) is 11.1 Å². The minimum Gasteiger partial charge on any atom is -0.491 e. The largest absolute Gasteiger partial charge is 0.491 e. The van der Waals surface area contributed by atoms with E-state index in [4.69, 9.17) is 9.47 Å². The molecule has 0 amide bonds. The second-order valence-electron chi connectivity index (χ2n) is 6.24. The van der Waals surface area contributed by atoms with Crippen molar-refractivity contribution in [2.75, 3.05) is 13.2 Å². The monoisotopic (exact) mass is 324 g/mol. The van der Waals surface area contributed by atoms with Gasteiger partial charge in [-0.15, -0.1) is 0 Å². The van der Waals surface area contributed by atoms with Crippen LogP contribution in [-0.2, 0) is 4.74 Å². The quantitative estimate of drug-likeness (QED) is 0.537. The molecule has 24 heavy (non-hydrogen) atoms. The minimum atomic E-state index is 0.430. The Morgan fingerprint density at radius 3 is 2.08 bits per heavy atom. The standard InChI is InChI=1S/C21H24O3/c22-16-17-6-8-18(9-7-17)19-10-12-21(13-11-19)24-15-14-23-20-4-2-1-3-5-20/h6-13,16,20H,1-5,14-15H2. The zero-order valence-corrected chi connectivity index (χ0v) is 13.9. The van der Waals surface area contributed by atoms with Crippen LogP contribution in [0.5, 0.6) is 5.75 Å². The van der Waals surface area contributed by atoms with Crippen LogP contribution in [0, 0.1) is 0 Å². The first-order valence-corrected chi connectivity index (χ1v) is 8.75. The second kappa shape index (κ2) is 8.65. The number of hydrogen-bond donors (Lipinski definition) is 0. The molecular formula is C21H24O3. The van der Waals surface area contributed by atoms with E-state index in [1.165, 1.54) is 32.1 Å². The topological polar surface area (TPSA) is 35.5 Å². The van der Waals surface area contributed by atoms with Crippen LogP contribution < -0.4 is 4.74 Å².